The van der Waals surface area contributed by atoms with E-state index >= 15 is 0 Å². The molecule has 5 atom stereocenters. The first-order valence-electron chi connectivity index (χ1n) is 12.1. The highest BCUT2D eigenvalue weighted by molar-refractivity contribution is 7.92. The standard InChI is InChI=1S/C26H26ClF2N3O5S/c1-32-22(8-9-30-32)24(33)26(35)15-3-4-16(26)12-18(11-15)38(36,37)23-10-14(2-6-19(23)27)25(34)31-17-5-7-20(28)21(29)13-17/h2,5-10,13,15-16,18,24,33,35H,3-4,11-12H2,1H3,(H,31,34)/t15-,16+,18-,24?,26-. The van der Waals surface area contributed by atoms with Crippen LogP contribution in [0.4, 0.5) is 14.5 Å². The fourth-order valence-electron chi connectivity index (χ4n) is 5.95. The van der Waals surface area contributed by atoms with E-state index in [1.807, 2.05) is 0 Å². The van der Waals surface area contributed by atoms with Gasteiger partial charge in [-0.1, -0.05) is 11.6 Å². The van der Waals surface area contributed by atoms with Gasteiger partial charge in [-0.25, -0.2) is 17.2 Å². The van der Waals surface area contributed by atoms with E-state index in [-0.39, 0.29) is 34.0 Å². The van der Waals surface area contributed by atoms with Gasteiger partial charge in [0.05, 0.1) is 20.9 Å². The predicted octanol–water partition coefficient (Wildman–Crippen LogP) is 4.03. The Bertz CT molecular complexity index is 1500. The number of hydrogen-bond donors (Lipinski definition) is 3. The molecule has 0 aliphatic heterocycles. The van der Waals surface area contributed by atoms with Crippen LogP contribution in [0, 0.1) is 23.5 Å². The fraction of sp³-hybridized carbons (Fsp3) is 0.385. The Kier molecular flexibility index (Phi) is 6.83. The first-order valence-corrected chi connectivity index (χ1v) is 14.0. The normalized spacial score (nSPS) is 25.8. The molecule has 38 heavy (non-hydrogen) atoms. The summed E-state index contributed by atoms with van der Waals surface area (Å²) < 4.78 is 55.7. The number of aliphatic hydroxyl groups excluding tert-OH is 1. The SMILES string of the molecule is Cn1nccc1C(O)[C@@]1(O)[C@@H]2CC[C@H]1C[C@H](S(=O)(=O)c1cc(C(=O)Nc3ccc(F)c(F)c3)ccc1Cl)C2. The second-order valence-electron chi connectivity index (χ2n) is 10.0. The molecule has 2 fully saturated rings. The highest BCUT2D eigenvalue weighted by Crippen LogP contribution is 2.56. The fourth-order valence-corrected chi connectivity index (χ4v) is 8.35. The number of amides is 1. The van der Waals surface area contributed by atoms with Crippen molar-refractivity contribution in [3.05, 3.63) is 76.6 Å². The summed E-state index contributed by atoms with van der Waals surface area (Å²) in [5.41, 5.74) is -1.06. The van der Waals surface area contributed by atoms with Crippen molar-refractivity contribution in [1.29, 1.82) is 0 Å². The van der Waals surface area contributed by atoms with Crippen molar-refractivity contribution in [3.63, 3.8) is 0 Å². The van der Waals surface area contributed by atoms with E-state index < -0.39 is 56.2 Å². The highest BCUT2D eigenvalue weighted by Gasteiger charge is 2.59. The van der Waals surface area contributed by atoms with Gasteiger partial charge in [0.15, 0.2) is 21.5 Å². The lowest BCUT2D eigenvalue weighted by Crippen LogP contribution is -2.52. The molecule has 202 valence electrons. The predicted molar refractivity (Wildman–Crippen MR) is 135 cm³/mol. The van der Waals surface area contributed by atoms with Crippen LogP contribution in [0.15, 0.2) is 53.6 Å². The molecule has 3 aromatic rings. The minimum absolute atomic E-state index is 0.00313. The van der Waals surface area contributed by atoms with Gasteiger partial charge in [-0.3, -0.25) is 9.48 Å². The van der Waals surface area contributed by atoms with Gasteiger partial charge in [0, 0.05) is 30.6 Å². The van der Waals surface area contributed by atoms with Crippen molar-refractivity contribution in [2.45, 2.75) is 47.5 Å². The molecule has 0 spiro atoms. The Balaban J connectivity index is 1.39. The first kappa shape index (κ1) is 26.7. The van der Waals surface area contributed by atoms with E-state index in [1.54, 1.807) is 13.1 Å². The van der Waals surface area contributed by atoms with Crippen molar-refractivity contribution in [3.8, 4) is 0 Å². The Morgan fingerprint density at radius 3 is 2.42 bits per heavy atom. The van der Waals surface area contributed by atoms with Gasteiger partial charge in [0.25, 0.3) is 5.91 Å². The van der Waals surface area contributed by atoms with Gasteiger partial charge in [0.1, 0.15) is 11.7 Å². The zero-order valence-corrected chi connectivity index (χ0v) is 21.9. The lowest BCUT2D eigenvalue weighted by Gasteiger charge is -2.45. The number of aryl methyl sites for hydroxylation is 1. The monoisotopic (exact) mass is 565 g/mol. The van der Waals surface area contributed by atoms with Crippen LogP contribution in [-0.4, -0.2) is 45.2 Å². The molecule has 5 rings (SSSR count). The quantitative estimate of drug-likeness (QED) is 0.415. The molecule has 2 bridgehead atoms. The third-order valence-corrected chi connectivity index (χ3v) is 10.6. The zero-order valence-electron chi connectivity index (χ0n) is 20.3. The molecule has 1 unspecified atom stereocenters. The number of carbonyl (C=O) groups excluding carboxylic acids is 1. The summed E-state index contributed by atoms with van der Waals surface area (Å²) in [6.45, 7) is 0. The highest BCUT2D eigenvalue weighted by atomic mass is 35.5. The summed E-state index contributed by atoms with van der Waals surface area (Å²) in [4.78, 5) is 12.5. The lowest BCUT2D eigenvalue weighted by molar-refractivity contribution is -0.146. The number of carbonyl (C=O) groups is 1. The molecule has 1 heterocycles. The van der Waals surface area contributed by atoms with Crippen LogP contribution >= 0.6 is 11.6 Å². The van der Waals surface area contributed by atoms with Crippen molar-refractivity contribution >= 4 is 33.0 Å². The van der Waals surface area contributed by atoms with Crippen LogP contribution in [0.1, 0.15) is 47.8 Å². The van der Waals surface area contributed by atoms with Crippen LogP contribution < -0.4 is 5.32 Å². The summed E-state index contributed by atoms with van der Waals surface area (Å²) in [5.74, 6) is -3.86. The molecule has 1 amide bonds. The smallest absolute Gasteiger partial charge is 0.255 e. The van der Waals surface area contributed by atoms with E-state index in [0.29, 0.717) is 18.5 Å². The molecule has 2 aliphatic carbocycles. The number of nitrogens with zero attached hydrogens (tertiary/aromatic N) is 2. The van der Waals surface area contributed by atoms with Crippen LogP contribution in [0.25, 0.3) is 0 Å². The Labute approximate surface area is 223 Å². The van der Waals surface area contributed by atoms with Gasteiger partial charge in [-0.2, -0.15) is 5.10 Å². The van der Waals surface area contributed by atoms with Gasteiger partial charge < -0.3 is 15.5 Å². The largest absolute Gasteiger partial charge is 0.386 e. The molecule has 1 aromatic heterocycles. The molecule has 2 aromatic carbocycles. The number of aromatic nitrogens is 2. The zero-order chi connectivity index (χ0) is 27.4. The topological polar surface area (TPSA) is 122 Å². The number of aliphatic hydroxyl groups is 2. The van der Waals surface area contributed by atoms with E-state index in [9.17, 15) is 32.2 Å². The van der Waals surface area contributed by atoms with Gasteiger partial charge in [-0.05, 0) is 73.9 Å². The number of halogens is 3. The maximum Gasteiger partial charge on any atom is 0.255 e. The first-order chi connectivity index (χ1) is 17.9. The average Bonchev–Trinajstić information content (AvgIpc) is 3.34. The Morgan fingerprint density at radius 1 is 1.13 bits per heavy atom. The molecule has 2 aliphatic rings. The molecular weight excluding hydrogens is 540 g/mol. The molecule has 0 saturated heterocycles. The number of anilines is 1. The number of benzene rings is 2. The van der Waals surface area contributed by atoms with Crippen LogP contribution in [0.2, 0.25) is 5.02 Å². The summed E-state index contributed by atoms with van der Waals surface area (Å²) in [6.07, 6.45) is 1.66. The minimum atomic E-state index is -4.03. The van der Waals surface area contributed by atoms with Crippen molar-refractivity contribution in [1.82, 2.24) is 9.78 Å². The molecule has 0 radical (unpaired) electrons. The summed E-state index contributed by atoms with van der Waals surface area (Å²) >= 11 is 6.28. The van der Waals surface area contributed by atoms with Crippen molar-refractivity contribution < 1.29 is 32.2 Å². The minimum Gasteiger partial charge on any atom is -0.386 e. The molecule has 2 saturated carbocycles. The third-order valence-electron chi connectivity index (χ3n) is 7.96. The maximum absolute atomic E-state index is 13.7. The Hall–Kier alpha value is -2.86. The number of fused-ring (bicyclic) bond motifs is 2. The number of hydrogen-bond acceptors (Lipinski definition) is 6. The van der Waals surface area contributed by atoms with Crippen LogP contribution in [0.5, 0.6) is 0 Å². The number of rotatable bonds is 6. The average molecular weight is 566 g/mol. The van der Waals surface area contributed by atoms with Crippen LogP contribution in [0.3, 0.4) is 0 Å². The number of sulfone groups is 1. The van der Waals surface area contributed by atoms with E-state index in [4.69, 9.17) is 11.6 Å². The molecule has 3 N–H and O–H groups in total. The van der Waals surface area contributed by atoms with Crippen LogP contribution in [-0.2, 0) is 16.9 Å². The Morgan fingerprint density at radius 2 is 1.82 bits per heavy atom. The van der Waals surface area contributed by atoms with E-state index in [1.165, 1.54) is 35.1 Å². The maximum atomic E-state index is 13.7. The van der Waals surface area contributed by atoms with Gasteiger partial charge >= 0.3 is 0 Å². The van der Waals surface area contributed by atoms with Crippen molar-refractivity contribution in [2.75, 3.05) is 5.32 Å². The van der Waals surface area contributed by atoms with Gasteiger partial charge in [-0.15, -0.1) is 0 Å². The summed E-state index contributed by atoms with van der Waals surface area (Å²) in [5, 5.41) is 28.3. The lowest BCUT2D eigenvalue weighted by atomic mass is 9.70. The van der Waals surface area contributed by atoms with Crippen molar-refractivity contribution in [2.24, 2.45) is 18.9 Å². The van der Waals surface area contributed by atoms with Gasteiger partial charge in [0.2, 0.25) is 0 Å². The van der Waals surface area contributed by atoms with E-state index in [0.717, 1.165) is 12.1 Å². The molecule has 12 heteroatoms. The second-order valence-corrected chi connectivity index (χ2v) is 12.6. The number of nitrogens with one attached hydrogen (secondary N) is 1. The van der Waals surface area contributed by atoms with E-state index in [2.05, 4.69) is 10.4 Å². The second kappa shape index (κ2) is 9.71. The molecule has 8 nitrogen and oxygen atoms in total. The summed E-state index contributed by atoms with van der Waals surface area (Å²) in [6, 6.07) is 8.30. The molecular formula is C26H26ClF2N3O5S. The summed E-state index contributed by atoms with van der Waals surface area (Å²) in [7, 11) is -2.37. The third kappa shape index (κ3) is 4.41.